The molecule has 0 heterocycles. The van der Waals surface area contributed by atoms with Gasteiger partial charge in [0.15, 0.2) is 5.78 Å². The summed E-state index contributed by atoms with van der Waals surface area (Å²) in [5.74, 6) is 0.383. The van der Waals surface area contributed by atoms with Crippen molar-refractivity contribution in [2.45, 2.75) is 0 Å². The van der Waals surface area contributed by atoms with Gasteiger partial charge in [-0.1, -0.05) is 24.3 Å². The summed E-state index contributed by atoms with van der Waals surface area (Å²) < 4.78 is 5.06. The van der Waals surface area contributed by atoms with Crippen LogP contribution < -0.4 is 4.74 Å². The van der Waals surface area contributed by atoms with Crippen LogP contribution in [0.2, 0.25) is 0 Å². The zero-order valence-corrected chi connectivity index (χ0v) is 9.38. The summed E-state index contributed by atoms with van der Waals surface area (Å²) >= 11 is 0. The number of ether oxygens (including phenoxy) is 1. The Morgan fingerprint density at radius 1 is 1.12 bits per heavy atom. The predicted octanol–water partition coefficient (Wildman–Crippen LogP) is 2.63. The zero-order chi connectivity index (χ0) is 12.3. The van der Waals surface area contributed by atoms with Gasteiger partial charge in [-0.3, -0.25) is 4.79 Å². The largest absolute Gasteiger partial charge is 0.507 e. The minimum atomic E-state index is -0.220. The van der Waals surface area contributed by atoms with Gasteiger partial charge in [0.05, 0.1) is 12.7 Å². The number of phenolic OH excluding ortho intramolecular Hbond substituents is 1. The van der Waals surface area contributed by atoms with E-state index in [0.29, 0.717) is 16.9 Å². The maximum atomic E-state index is 12.1. The first-order valence-corrected chi connectivity index (χ1v) is 5.19. The first kappa shape index (κ1) is 11.2. The molecule has 2 aromatic carbocycles. The third-order valence-corrected chi connectivity index (χ3v) is 2.48. The number of hydrogen-bond donors (Lipinski definition) is 1. The van der Waals surface area contributed by atoms with Gasteiger partial charge in [-0.05, 0) is 24.3 Å². The number of benzene rings is 2. The minimum Gasteiger partial charge on any atom is -0.507 e. The molecule has 2 aromatic rings. The number of carbonyl (C=O) groups is 1. The Morgan fingerprint density at radius 2 is 1.88 bits per heavy atom. The van der Waals surface area contributed by atoms with E-state index in [1.165, 1.54) is 6.07 Å². The van der Waals surface area contributed by atoms with Crippen molar-refractivity contribution in [1.29, 1.82) is 0 Å². The van der Waals surface area contributed by atoms with Crippen molar-refractivity contribution in [1.82, 2.24) is 0 Å². The highest BCUT2D eigenvalue weighted by Crippen LogP contribution is 2.21. The van der Waals surface area contributed by atoms with Crippen LogP contribution in [0.3, 0.4) is 0 Å². The van der Waals surface area contributed by atoms with Crippen molar-refractivity contribution < 1.29 is 14.6 Å². The molecular formula is C14H12O3. The van der Waals surface area contributed by atoms with Gasteiger partial charge in [0.1, 0.15) is 11.5 Å². The smallest absolute Gasteiger partial charge is 0.196 e. The van der Waals surface area contributed by atoms with Crippen LogP contribution in [0.15, 0.2) is 48.5 Å². The SMILES string of the molecule is COc1cccc(C(=O)c2ccccc2O)c1. The number of phenols is 1. The number of ketones is 1. The molecule has 2 rings (SSSR count). The van der Waals surface area contributed by atoms with Crippen LogP contribution in [0.4, 0.5) is 0 Å². The molecule has 0 bridgehead atoms. The summed E-state index contributed by atoms with van der Waals surface area (Å²) in [6.45, 7) is 0. The Bertz CT molecular complexity index is 547. The lowest BCUT2D eigenvalue weighted by Crippen LogP contribution is -2.01. The molecule has 0 radical (unpaired) electrons. The summed E-state index contributed by atoms with van der Waals surface area (Å²) in [5, 5.41) is 9.62. The molecule has 0 fully saturated rings. The fourth-order valence-corrected chi connectivity index (χ4v) is 1.59. The molecule has 0 aromatic heterocycles. The first-order valence-electron chi connectivity index (χ1n) is 5.19. The second kappa shape index (κ2) is 4.70. The molecule has 17 heavy (non-hydrogen) atoms. The summed E-state index contributed by atoms with van der Waals surface area (Å²) in [6, 6.07) is 13.3. The lowest BCUT2D eigenvalue weighted by molar-refractivity contribution is 0.103. The van der Waals surface area contributed by atoms with Gasteiger partial charge < -0.3 is 9.84 Å². The van der Waals surface area contributed by atoms with Crippen molar-refractivity contribution in [3.63, 3.8) is 0 Å². The van der Waals surface area contributed by atoms with E-state index in [1.54, 1.807) is 49.6 Å². The molecule has 1 N–H and O–H groups in total. The summed E-state index contributed by atoms with van der Waals surface area (Å²) in [5.41, 5.74) is 0.784. The Balaban J connectivity index is 2.40. The zero-order valence-electron chi connectivity index (χ0n) is 9.38. The van der Waals surface area contributed by atoms with E-state index >= 15 is 0 Å². The van der Waals surface area contributed by atoms with Crippen LogP contribution >= 0.6 is 0 Å². The number of aromatic hydroxyl groups is 1. The summed E-state index contributed by atoms with van der Waals surface area (Å²) in [6.07, 6.45) is 0. The second-order valence-electron chi connectivity index (χ2n) is 3.58. The molecule has 3 heteroatoms. The molecule has 3 nitrogen and oxygen atoms in total. The lowest BCUT2D eigenvalue weighted by Gasteiger charge is -2.05. The highest BCUT2D eigenvalue weighted by atomic mass is 16.5. The van der Waals surface area contributed by atoms with Crippen molar-refractivity contribution in [3.05, 3.63) is 59.7 Å². The number of carbonyl (C=O) groups excluding carboxylic acids is 1. The van der Waals surface area contributed by atoms with Gasteiger partial charge in [0.25, 0.3) is 0 Å². The fraction of sp³-hybridized carbons (Fsp3) is 0.0714. The van der Waals surface area contributed by atoms with E-state index in [0.717, 1.165) is 0 Å². The normalized spacial score (nSPS) is 9.94. The highest BCUT2D eigenvalue weighted by molar-refractivity contribution is 6.10. The van der Waals surface area contributed by atoms with E-state index < -0.39 is 0 Å². The van der Waals surface area contributed by atoms with Gasteiger partial charge in [-0.15, -0.1) is 0 Å². The third-order valence-electron chi connectivity index (χ3n) is 2.48. The van der Waals surface area contributed by atoms with E-state index in [-0.39, 0.29) is 11.5 Å². The highest BCUT2D eigenvalue weighted by Gasteiger charge is 2.13. The second-order valence-corrected chi connectivity index (χ2v) is 3.58. The van der Waals surface area contributed by atoms with E-state index in [9.17, 15) is 9.90 Å². The predicted molar refractivity (Wildman–Crippen MR) is 64.5 cm³/mol. The topological polar surface area (TPSA) is 46.5 Å². The van der Waals surface area contributed by atoms with Crippen LogP contribution in [0, 0.1) is 0 Å². The van der Waals surface area contributed by atoms with Gasteiger partial charge in [-0.25, -0.2) is 0 Å². The number of rotatable bonds is 3. The van der Waals surface area contributed by atoms with Crippen LogP contribution in [-0.2, 0) is 0 Å². The van der Waals surface area contributed by atoms with Crippen LogP contribution in [0.25, 0.3) is 0 Å². The Labute approximate surface area is 99.3 Å². The van der Waals surface area contributed by atoms with Crippen molar-refractivity contribution in [3.8, 4) is 11.5 Å². The minimum absolute atomic E-state index is 0.0136. The van der Waals surface area contributed by atoms with Gasteiger partial charge in [-0.2, -0.15) is 0 Å². The summed E-state index contributed by atoms with van der Waals surface area (Å²) in [4.78, 5) is 12.1. The average Bonchev–Trinajstić information content (AvgIpc) is 2.38. The molecule has 0 saturated heterocycles. The molecule has 0 saturated carbocycles. The molecular weight excluding hydrogens is 216 g/mol. The van der Waals surface area contributed by atoms with E-state index in [2.05, 4.69) is 0 Å². The van der Waals surface area contributed by atoms with Crippen LogP contribution in [0.1, 0.15) is 15.9 Å². The molecule has 0 amide bonds. The number of methoxy groups -OCH3 is 1. The first-order chi connectivity index (χ1) is 8.22. The fourth-order valence-electron chi connectivity index (χ4n) is 1.59. The molecule has 0 unspecified atom stereocenters. The molecule has 0 spiro atoms. The summed E-state index contributed by atoms with van der Waals surface area (Å²) in [7, 11) is 1.55. The quantitative estimate of drug-likeness (QED) is 0.821. The maximum Gasteiger partial charge on any atom is 0.196 e. The van der Waals surface area contributed by atoms with Crippen LogP contribution in [-0.4, -0.2) is 18.0 Å². The molecule has 0 aliphatic rings. The van der Waals surface area contributed by atoms with Gasteiger partial charge >= 0.3 is 0 Å². The van der Waals surface area contributed by atoms with Gasteiger partial charge in [0.2, 0.25) is 0 Å². The average molecular weight is 228 g/mol. The Hall–Kier alpha value is -2.29. The van der Waals surface area contributed by atoms with Crippen molar-refractivity contribution >= 4 is 5.78 Å². The van der Waals surface area contributed by atoms with E-state index in [4.69, 9.17) is 4.74 Å². The third kappa shape index (κ3) is 2.28. The maximum absolute atomic E-state index is 12.1. The molecule has 0 aliphatic heterocycles. The standard InChI is InChI=1S/C14H12O3/c1-17-11-6-4-5-10(9-11)14(16)12-7-2-3-8-13(12)15/h2-9,15H,1H3. The molecule has 0 aliphatic carbocycles. The van der Waals surface area contributed by atoms with Crippen molar-refractivity contribution in [2.75, 3.05) is 7.11 Å². The molecule has 86 valence electrons. The van der Waals surface area contributed by atoms with E-state index in [1.807, 2.05) is 0 Å². The van der Waals surface area contributed by atoms with Gasteiger partial charge in [0, 0.05) is 5.56 Å². The van der Waals surface area contributed by atoms with Crippen molar-refractivity contribution in [2.24, 2.45) is 0 Å². The monoisotopic (exact) mass is 228 g/mol. The lowest BCUT2D eigenvalue weighted by atomic mass is 10.0. The number of para-hydroxylation sites is 1. The Morgan fingerprint density at radius 3 is 2.59 bits per heavy atom. The number of hydrogen-bond acceptors (Lipinski definition) is 3. The molecule has 0 atom stereocenters. The van der Waals surface area contributed by atoms with Crippen LogP contribution in [0.5, 0.6) is 11.5 Å². The Kier molecular flexibility index (Phi) is 3.10.